The first-order valence-electron chi connectivity index (χ1n) is 9.30. The Morgan fingerprint density at radius 3 is 2.91 bits per heavy atom. The molecular weight excluding hydrogens is 490 g/mol. The highest BCUT2D eigenvalue weighted by atomic mass is 32.2. The van der Waals surface area contributed by atoms with E-state index >= 15 is 0 Å². The Morgan fingerprint density at radius 1 is 1.52 bits per heavy atom. The molecule has 0 aromatic carbocycles. The maximum Gasteiger partial charge on any atom is 0.353 e. The summed E-state index contributed by atoms with van der Waals surface area (Å²) in [6.45, 7) is 0. The third-order valence-corrected chi connectivity index (χ3v) is 7.64. The number of hydrogen-bond donors (Lipinski definition) is 3. The van der Waals surface area contributed by atoms with Crippen molar-refractivity contribution < 1.29 is 24.3 Å². The SMILES string of the molecule is CO/N=C(\C(=O)N[C@@H]1C(=O)N2C(C(=O)O)=C(Sc3ncc(C#N)s3)CC[C@H]12)c1csc(N)n1. The highest BCUT2D eigenvalue weighted by Crippen LogP contribution is 2.43. The topological polar surface area (TPSA) is 184 Å². The molecule has 2 aliphatic heterocycles. The third-order valence-electron chi connectivity index (χ3n) is 4.85. The number of hydrogen-bond acceptors (Lipinski definition) is 12. The van der Waals surface area contributed by atoms with Crippen molar-refractivity contribution in [2.24, 2.45) is 5.16 Å². The number of aromatic nitrogens is 2. The minimum atomic E-state index is -1.25. The number of fused-ring (bicyclic) bond motifs is 1. The molecule has 33 heavy (non-hydrogen) atoms. The number of nitrogens with one attached hydrogen (secondary N) is 1. The Balaban J connectivity index is 1.53. The van der Waals surface area contributed by atoms with Gasteiger partial charge in [-0.2, -0.15) is 5.26 Å². The molecule has 2 amide bonds. The van der Waals surface area contributed by atoms with Crippen LogP contribution in [-0.2, 0) is 19.2 Å². The lowest BCUT2D eigenvalue weighted by atomic mass is 9.86. The molecule has 2 aromatic heterocycles. The molecule has 0 spiro atoms. The molecule has 4 N–H and O–H groups in total. The molecule has 15 heteroatoms. The van der Waals surface area contributed by atoms with Gasteiger partial charge in [0.2, 0.25) is 0 Å². The van der Waals surface area contributed by atoms with Gasteiger partial charge in [0, 0.05) is 10.3 Å². The number of thiazole rings is 2. The number of carbonyl (C=O) groups is 3. The summed E-state index contributed by atoms with van der Waals surface area (Å²) in [7, 11) is 1.27. The first-order valence-corrected chi connectivity index (χ1v) is 11.8. The molecule has 2 aromatic rings. The molecule has 0 radical (unpaired) electrons. The van der Waals surface area contributed by atoms with E-state index in [-0.39, 0.29) is 22.2 Å². The van der Waals surface area contributed by atoms with Gasteiger partial charge in [-0.05, 0) is 12.8 Å². The predicted octanol–water partition coefficient (Wildman–Crippen LogP) is 0.982. The second-order valence-corrected chi connectivity index (χ2v) is 10.0. The molecule has 2 atom stereocenters. The molecule has 0 unspecified atom stereocenters. The van der Waals surface area contributed by atoms with Crippen molar-refractivity contribution in [3.05, 3.63) is 32.8 Å². The number of nitriles is 1. The number of allylic oxidation sites excluding steroid dienone is 1. The number of carboxylic acid groups (broad SMARTS) is 1. The van der Waals surface area contributed by atoms with E-state index in [2.05, 4.69) is 20.4 Å². The fourth-order valence-electron chi connectivity index (χ4n) is 3.49. The van der Waals surface area contributed by atoms with E-state index in [1.54, 1.807) is 0 Å². The highest BCUT2D eigenvalue weighted by Gasteiger charge is 2.54. The van der Waals surface area contributed by atoms with Crippen LogP contribution in [0.4, 0.5) is 5.13 Å². The predicted molar refractivity (Wildman–Crippen MR) is 119 cm³/mol. The zero-order valence-corrected chi connectivity index (χ0v) is 19.3. The fourth-order valence-corrected chi connectivity index (χ4v) is 6.04. The quantitative estimate of drug-likeness (QED) is 0.278. The largest absolute Gasteiger partial charge is 0.477 e. The summed E-state index contributed by atoms with van der Waals surface area (Å²) in [6.07, 6.45) is 2.22. The number of thioether (sulfide) groups is 1. The Bertz CT molecular complexity index is 1240. The lowest BCUT2D eigenvalue weighted by Gasteiger charge is -2.49. The standard InChI is InChI=1S/C18H15N7O5S3/c1-30-24-11(8-6-31-17(20)22-8)14(26)23-12-9-2-3-10(13(16(28)29)25(9)15(12)27)33-18-21-5-7(4-19)32-18/h5-6,9,12H,2-3H2,1H3,(H2,20,22)(H,23,26)(H,28,29)/b24-11-/t9-,12+/m1/s1. The molecule has 1 saturated heterocycles. The van der Waals surface area contributed by atoms with Crippen molar-refractivity contribution in [2.75, 3.05) is 12.8 Å². The average molecular weight is 506 g/mol. The van der Waals surface area contributed by atoms with Gasteiger partial charge in [-0.15, -0.1) is 11.3 Å². The van der Waals surface area contributed by atoms with Crippen molar-refractivity contribution in [1.82, 2.24) is 20.2 Å². The van der Waals surface area contributed by atoms with Crippen molar-refractivity contribution >= 4 is 63.1 Å². The Hall–Kier alpha value is -3.48. The smallest absolute Gasteiger partial charge is 0.353 e. The summed E-state index contributed by atoms with van der Waals surface area (Å²) in [5.41, 5.74) is 5.54. The number of amides is 2. The summed E-state index contributed by atoms with van der Waals surface area (Å²) >= 11 is 3.39. The van der Waals surface area contributed by atoms with E-state index in [9.17, 15) is 19.5 Å². The van der Waals surface area contributed by atoms with Gasteiger partial charge in [-0.25, -0.2) is 14.8 Å². The molecule has 1 fully saturated rings. The van der Waals surface area contributed by atoms with E-state index in [0.29, 0.717) is 27.0 Å². The molecule has 4 rings (SSSR count). The minimum absolute atomic E-state index is 0.140. The monoisotopic (exact) mass is 505 g/mol. The first kappa shape index (κ1) is 22.7. The van der Waals surface area contributed by atoms with Crippen LogP contribution in [0.1, 0.15) is 23.4 Å². The first-order chi connectivity index (χ1) is 15.8. The second kappa shape index (κ2) is 9.17. The highest BCUT2D eigenvalue weighted by molar-refractivity contribution is 8.04. The van der Waals surface area contributed by atoms with Crippen LogP contribution in [0, 0.1) is 11.3 Å². The second-order valence-electron chi connectivity index (χ2n) is 6.74. The summed E-state index contributed by atoms with van der Waals surface area (Å²) in [5, 5.41) is 26.8. The van der Waals surface area contributed by atoms with Gasteiger partial charge in [0.15, 0.2) is 15.2 Å². The van der Waals surface area contributed by atoms with Gasteiger partial charge < -0.3 is 21.0 Å². The Kier molecular flexibility index (Phi) is 6.31. The normalized spacial score (nSPS) is 20.1. The van der Waals surface area contributed by atoms with Crippen LogP contribution in [0.15, 0.2) is 31.7 Å². The van der Waals surface area contributed by atoms with Crippen LogP contribution in [0.2, 0.25) is 0 Å². The Morgan fingerprint density at radius 2 is 2.30 bits per heavy atom. The number of nitrogens with zero attached hydrogens (tertiary/aromatic N) is 5. The van der Waals surface area contributed by atoms with Gasteiger partial charge in [0.05, 0.1) is 12.2 Å². The number of oxime groups is 1. The number of carbonyl (C=O) groups excluding carboxylic acids is 2. The van der Waals surface area contributed by atoms with Gasteiger partial charge in [-0.3, -0.25) is 14.5 Å². The molecule has 12 nitrogen and oxygen atoms in total. The van der Waals surface area contributed by atoms with Gasteiger partial charge in [0.1, 0.15) is 35.5 Å². The third kappa shape index (κ3) is 4.27. The molecule has 0 bridgehead atoms. The van der Waals surface area contributed by atoms with Crippen molar-refractivity contribution in [2.45, 2.75) is 29.3 Å². The summed E-state index contributed by atoms with van der Waals surface area (Å²) in [4.78, 5) is 52.5. The van der Waals surface area contributed by atoms with E-state index in [0.717, 1.165) is 34.4 Å². The van der Waals surface area contributed by atoms with E-state index in [1.165, 1.54) is 23.6 Å². The number of rotatable bonds is 7. The molecule has 2 aliphatic rings. The number of nitrogen functional groups attached to an aromatic ring is 1. The zero-order valence-electron chi connectivity index (χ0n) is 16.8. The number of carboxylic acids is 1. The number of β-lactam (4-membered cyclic amide) rings is 1. The molecule has 170 valence electrons. The van der Waals surface area contributed by atoms with Gasteiger partial charge in [0.25, 0.3) is 11.8 Å². The lowest BCUT2D eigenvalue weighted by molar-refractivity contribution is -0.155. The molecule has 4 heterocycles. The van der Waals surface area contributed by atoms with Crippen LogP contribution in [0.3, 0.4) is 0 Å². The van der Waals surface area contributed by atoms with Crippen LogP contribution in [0.25, 0.3) is 0 Å². The molecular formula is C18H15N7O5S3. The average Bonchev–Trinajstić information content (AvgIpc) is 3.43. The lowest BCUT2D eigenvalue weighted by Crippen LogP contribution is -2.72. The molecule has 0 saturated carbocycles. The number of anilines is 1. The van der Waals surface area contributed by atoms with Crippen molar-refractivity contribution in [1.29, 1.82) is 5.26 Å². The van der Waals surface area contributed by atoms with Gasteiger partial charge in [-0.1, -0.05) is 28.3 Å². The van der Waals surface area contributed by atoms with Gasteiger partial charge >= 0.3 is 5.97 Å². The summed E-state index contributed by atoms with van der Waals surface area (Å²) < 4.78 is 0.513. The van der Waals surface area contributed by atoms with E-state index < -0.39 is 29.9 Å². The van der Waals surface area contributed by atoms with Crippen LogP contribution >= 0.6 is 34.4 Å². The van der Waals surface area contributed by atoms with Crippen molar-refractivity contribution in [3.8, 4) is 6.07 Å². The number of nitrogens with two attached hydrogens (primary N) is 1. The maximum absolute atomic E-state index is 12.9. The van der Waals surface area contributed by atoms with E-state index in [4.69, 9.17) is 15.8 Å². The minimum Gasteiger partial charge on any atom is -0.477 e. The van der Waals surface area contributed by atoms with E-state index in [1.807, 2.05) is 6.07 Å². The summed E-state index contributed by atoms with van der Waals surface area (Å²) in [5.74, 6) is -2.49. The summed E-state index contributed by atoms with van der Waals surface area (Å²) in [6, 6.07) is 0.548. The zero-order chi connectivity index (χ0) is 23.7. The maximum atomic E-state index is 12.9. The number of aliphatic carboxylic acids is 1. The molecule has 0 aliphatic carbocycles. The van der Waals surface area contributed by atoms with Crippen LogP contribution < -0.4 is 11.1 Å². The van der Waals surface area contributed by atoms with Crippen LogP contribution in [0.5, 0.6) is 0 Å². The van der Waals surface area contributed by atoms with Crippen LogP contribution in [-0.4, -0.2) is 62.7 Å². The fraction of sp³-hybridized carbons (Fsp3) is 0.278. The van der Waals surface area contributed by atoms with Crippen molar-refractivity contribution in [3.63, 3.8) is 0 Å². The Labute approximate surface area is 198 Å².